The number of alkyl halides is 2. The monoisotopic (exact) mass is 471 g/mol. The Morgan fingerprint density at radius 2 is 1.93 bits per heavy atom. The van der Waals surface area contributed by atoms with Crippen molar-refractivity contribution >= 4 is 63.7 Å². The molecule has 0 aliphatic carbocycles. The summed E-state index contributed by atoms with van der Waals surface area (Å²) in [7, 11) is 0. The fourth-order valence-electron chi connectivity index (χ4n) is 2.50. The number of amidine groups is 1. The van der Waals surface area contributed by atoms with Crippen LogP contribution < -0.4 is 15.4 Å². The second-order valence-corrected chi connectivity index (χ2v) is 7.64. The van der Waals surface area contributed by atoms with E-state index in [-0.39, 0.29) is 22.4 Å². The van der Waals surface area contributed by atoms with Gasteiger partial charge in [0.15, 0.2) is 5.17 Å². The van der Waals surface area contributed by atoms with Crippen LogP contribution in [-0.2, 0) is 9.59 Å². The van der Waals surface area contributed by atoms with E-state index in [9.17, 15) is 18.4 Å². The zero-order valence-electron chi connectivity index (χ0n) is 15.0. The average Bonchev–Trinajstić information content (AvgIpc) is 2.98. The van der Waals surface area contributed by atoms with E-state index in [0.29, 0.717) is 21.3 Å². The summed E-state index contributed by atoms with van der Waals surface area (Å²) in [5, 5.41) is 0.975. The van der Waals surface area contributed by atoms with E-state index in [0.717, 1.165) is 11.8 Å². The van der Waals surface area contributed by atoms with Crippen molar-refractivity contribution in [1.82, 2.24) is 0 Å². The van der Waals surface area contributed by atoms with Gasteiger partial charge in [0.1, 0.15) is 11.4 Å². The summed E-state index contributed by atoms with van der Waals surface area (Å²) >= 11 is 13.0. The second-order valence-electron chi connectivity index (χ2n) is 5.86. The molecule has 0 bridgehead atoms. The zero-order chi connectivity index (χ0) is 21.8. The van der Waals surface area contributed by atoms with E-state index in [1.54, 1.807) is 12.1 Å². The summed E-state index contributed by atoms with van der Waals surface area (Å²) in [6, 6.07) is 10.2. The Morgan fingerprint density at radius 1 is 1.23 bits per heavy atom. The maximum absolute atomic E-state index is 13.0. The predicted octanol–water partition coefficient (Wildman–Crippen LogP) is 4.56. The number of rotatable bonds is 6. The number of nitrogens with zero attached hydrogens (tertiary/aromatic N) is 2. The van der Waals surface area contributed by atoms with Gasteiger partial charge in [0.2, 0.25) is 5.91 Å². The van der Waals surface area contributed by atoms with Gasteiger partial charge in [0.25, 0.3) is 5.91 Å². The van der Waals surface area contributed by atoms with Crippen LogP contribution in [0.5, 0.6) is 5.75 Å². The lowest BCUT2D eigenvalue weighted by Gasteiger charge is -2.18. The van der Waals surface area contributed by atoms with Crippen LogP contribution in [0.3, 0.4) is 0 Å². The quantitative estimate of drug-likeness (QED) is 0.625. The third kappa shape index (κ3) is 5.29. The van der Waals surface area contributed by atoms with Crippen molar-refractivity contribution in [2.24, 2.45) is 10.7 Å². The van der Waals surface area contributed by atoms with Crippen LogP contribution in [0.1, 0.15) is 5.56 Å². The number of aliphatic imine (C=N–C) groups is 1. The number of anilines is 1. The number of ether oxygens (including phenoxy) is 1. The summed E-state index contributed by atoms with van der Waals surface area (Å²) in [5.41, 5.74) is 6.14. The van der Waals surface area contributed by atoms with Crippen LogP contribution in [0.15, 0.2) is 53.2 Å². The van der Waals surface area contributed by atoms with E-state index in [1.807, 2.05) is 0 Å². The number of thioether (sulfide) groups is 1. The van der Waals surface area contributed by atoms with E-state index in [4.69, 9.17) is 28.9 Å². The average molecular weight is 472 g/mol. The van der Waals surface area contributed by atoms with Crippen LogP contribution in [-0.4, -0.2) is 29.3 Å². The number of halogens is 4. The Balaban J connectivity index is 1.95. The maximum atomic E-state index is 13.0. The summed E-state index contributed by atoms with van der Waals surface area (Å²) in [4.78, 5) is 29.7. The molecule has 0 saturated carbocycles. The predicted molar refractivity (Wildman–Crippen MR) is 114 cm³/mol. The lowest BCUT2D eigenvalue weighted by Crippen LogP contribution is -2.31. The molecule has 156 valence electrons. The topological polar surface area (TPSA) is 85.0 Å². The molecule has 0 spiro atoms. The maximum Gasteiger partial charge on any atom is 0.387 e. The zero-order valence-corrected chi connectivity index (χ0v) is 17.3. The van der Waals surface area contributed by atoms with Crippen molar-refractivity contribution in [3.63, 3.8) is 0 Å². The smallest absolute Gasteiger partial charge is 0.387 e. The van der Waals surface area contributed by atoms with Gasteiger partial charge in [0.05, 0.1) is 11.4 Å². The van der Waals surface area contributed by atoms with Gasteiger partial charge in [-0.15, -0.1) is 0 Å². The molecule has 6 nitrogen and oxygen atoms in total. The first-order chi connectivity index (χ1) is 14.2. The molecule has 2 amide bonds. The Morgan fingerprint density at radius 3 is 2.53 bits per heavy atom. The van der Waals surface area contributed by atoms with Gasteiger partial charge in [-0.1, -0.05) is 41.0 Å². The highest BCUT2D eigenvalue weighted by Gasteiger charge is 2.32. The van der Waals surface area contributed by atoms with Crippen molar-refractivity contribution in [3.8, 4) is 5.75 Å². The molecule has 0 fully saturated rings. The van der Waals surface area contributed by atoms with Crippen molar-refractivity contribution < 1.29 is 23.1 Å². The molecule has 1 aliphatic rings. The molecule has 11 heteroatoms. The summed E-state index contributed by atoms with van der Waals surface area (Å²) in [6.07, 6.45) is 1.49. The van der Waals surface area contributed by atoms with Crippen molar-refractivity contribution in [1.29, 1.82) is 0 Å². The SMILES string of the molecule is NC(=O)CSC1=NC(=Cc2ccc(Cl)cc2Cl)C(=O)N1c1ccc(OC(F)F)cc1. The van der Waals surface area contributed by atoms with Crippen molar-refractivity contribution in [3.05, 3.63) is 63.8 Å². The van der Waals surface area contributed by atoms with E-state index < -0.39 is 18.4 Å². The molecule has 0 saturated heterocycles. The van der Waals surface area contributed by atoms with Gasteiger partial charge in [-0.25, -0.2) is 4.99 Å². The number of nitrogens with two attached hydrogens (primary N) is 1. The number of amides is 2. The van der Waals surface area contributed by atoms with Crippen LogP contribution in [0.2, 0.25) is 10.0 Å². The first-order valence-electron chi connectivity index (χ1n) is 8.30. The highest BCUT2D eigenvalue weighted by atomic mass is 35.5. The molecule has 0 radical (unpaired) electrons. The van der Waals surface area contributed by atoms with Crippen LogP contribution in [0.4, 0.5) is 14.5 Å². The molecule has 2 N–H and O–H groups in total. The van der Waals surface area contributed by atoms with Crippen LogP contribution in [0, 0.1) is 0 Å². The number of carbonyl (C=O) groups is 2. The lowest BCUT2D eigenvalue weighted by atomic mass is 10.2. The van der Waals surface area contributed by atoms with Crippen molar-refractivity contribution in [2.75, 3.05) is 10.7 Å². The number of hydrogen-bond acceptors (Lipinski definition) is 5. The van der Waals surface area contributed by atoms with Gasteiger partial charge in [0, 0.05) is 10.0 Å². The fraction of sp³-hybridized carbons (Fsp3) is 0.105. The normalized spacial score (nSPS) is 15.1. The number of primary amides is 1. The van der Waals surface area contributed by atoms with E-state index in [1.165, 1.54) is 41.3 Å². The second kappa shape index (κ2) is 9.46. The molecule has 30 heavy (non-hydrogen) atoms. The number of hydrogen-bond donors (Lipinski definition) is 1. The Labute approximate surface area is 184 Å². The summed E-state index contributed by atoms with van der Waals surface area (Å²) in [5.74, 6) is -1.25. The minimum atomic E-state index is -2.97. The Bertz CT molecular complexity index is 1050. The fourth-order valence-corrected chi connectivity index (χ4v) is 3.71. The van der Waals surface area contributed by atoms with Crippen LogP contribution in [0.25, 0.3) is 6.08 Å². The molecular formula is C19H13Cl2F2N3O3S. The van der Waals surface area contributed by atoms with E-state index >= 15 is 0 Å². The molecule has 0 unspecified atom stereocenters. The summed E-state index contributed by atoms with van der Waals surface area (Å²) in [6.45, 7) is -2.97. The number of carbonyl (C=O) groups excluding carboxylic acids is 2. The third-order valence-corrected chi connectivity index (χ3v) is 5.27. The van der Waals surface area contributed by atoms with Gasteiger partial charge in [-0.3, -0.25) is 14.5 Å². The minimum Gasteiger partial charge on any atom is -0.435 e. The van der Waals surface area contributed by atoms with Gasteiger partial charge < -0.3 is 10.5 Å². The van der Waals surface area contributed by atoms with Gasteiger partial charge >= 0.3 is 6.61 Å². The molecule has 2 aromatic carbocycles. The largest absolute Gasteiger partial charge is 0.435 e. The molecule has 2 aromatic rings. The number of benzene rings is 2. The Kier molecular flexibility index (Phi) is 6.96. The molecule has 0 aromatic heterocycles. The minimum absolute atomic E-state index is 0.0626. The molecular weight excluding hydrogens is 459 g/mol. The molecule has 1 heterocycles. The summed E-state index contributed by atoms with van der Waals surface area (Å²) < 4.78 is 29.0. The molecule has 1 aliphatic heterocycles. The third-order valence-electron chi connectivity index (χ3n) is 3.75. The van der Waals surface area contributed by atoms with Crippen LogP contribution >= 0.6 is 35.0 Å². The molecule has 3 rings (SSSR count). The highest BCUT2D eigenvalue weighted by molar-refractivity contribution is 8.14. The first-order valence-corrected chi connectivity index (χ1v) is 10.0. The molecule has 0 atom stereocenters. The highest BCUT2D eigenvalue weighted by Crippen LogP contribution is 2.32. The van der Waals surface area contributed by atoms with Crippen molar-refractivity contribution in [2.45, 2.75) is 6.61 Å². The van der Waals surface area contributed by atoms with Gasteiger partial charge in [-0.2, -0.15) is 8.78 Å². The van der Waals surface area contributed by atoms with E-state index in [2.05, 4.69) is 9.73 Å². The first kappa shape index (κ1) is 22.1. The van der Waals surface area contributed by atoms with Gasteiger partial charge in [-0.05, 0) is 48.0 Å². The standard InChI is InChI=1S/C19H13Cl2F2N3O3S/c20-11-2-1-10(14(21)8-11)7-15-17(28)26(19(25-15)30-9-16(24)27)12-3-5-13(6-4-12)29-18(22)23/h1-8,18H,9H2,(H2,24,27). The lowest BCUT2D eigenvalue weighted by molar-refractivity contribution is -0.115. The Hall–Kier alpha value is -2.62.